The molecule has 46 heavy (non-hydrogen) atoms. The number of aryl methyl sites for hydroxylation is 1. The number of benzene rings is 1. The van der Waals surface area contributed by atoms with Crippen molar-refractivity contribution >= 4 is 21.6 Å². The summed E-state index contributed by atoms with van der Waals surface area (Å²) in [7, 11) is 3.92. The molecular weight excluding hydrogens is 667 g/mol. The molecule has 0 radical (unpaired) electrons. The first-order chi connectivity index (χ1) is 21.6. The first-order valence-electron chi connectivity index (χ1n) is 16.0. The lowest BCUT2D eigenvalue weighted by Crippen LogP contribution is -2.67. The third-order valence-electron chi connectivity index (χ3n) is 10.8. The summed E-state index contributed by atoms with van der Waals surface area (Å²) in [5, 5.41) is 0. The average molecular weight is 709 g/mol. The molecule has 3 aliphatic carbocycles. The number of hydrogen-bond acceptors (Lipinski definition) is 5. The SMILES string of the molecule is CC12CCC3c4ccc(OCCCC5CCSSC5)cc4CCC3C1CCC2OCCCOC(C(F)(F)F)(C(F)(F)F)C(F)(F)F. The van der Waals surface area contributed by atoms with Gasteiger partial charge in [-0.1, -0.05) is 34.6 Å². The normalized spacial score (nSPS) is 30.4. The zero-order chi connectivity index (χ0) is 33.4. The fourth-order valence-electron chi connectivity index (χ4n) is 8.40. The Balaban J connectivity index is 1.12. The molecule has 0 spiro atoms. The van der Waals surface area contributed by atoms with E-state index in [1.54, 1.807) is 0 Å². The number of hydrogen-bond donors (Lipinski definition) is 0. The first-order valence-corrected chi connectivity index (χ1v) is 18.5. The zero-order valence-electron chi connectivity index (χ0n) is 25.7. The number of ether oxygens (including phenoxy) is 3. The molecule has 4 aliphatic rings. The smallest absolute Gasteiger partial charge is 0.435 e. The first kappa shape index (κ1) is 36.3. The predicted molar refractivity (Wildman–Crippen MR) is 160 cm³/mol. The maximum atomic E-state index is 13.1. The molecule has 6 unspecified atom stereocenters. The van der Waals surface area contributed by atoms with Gasteiger partial charge in [-0.25, -0.2) is 0 Å². The van der Waals surface area contributed by atoms with E-state index in [1.807, 2.05) is 21.6 Å². The molecule has 1 saturated heterocycles. The lowest BCUT2D eigenvalue weighted by atomic mass is 9.55. The van der Waals surface area contributed by atoms with Crippen molar-refractivity contribution in [1.29, 1.82) is 0 Å². The minimum atomic E-state index is -6.73. The quantitative estimate of drug-likeness (QED) is 0.130. The molecule has 1 aromatic rings. The molecule has 262 valence electrons. The van der Waals surface area contributed by atoms with Crippen LogP contribution in [-0.4, -0.2) is 61.6 Å². The molecule has 3 fully saturated rings. The number of rotatable bonds is 11. The molecule has 2 saturated carbocycles. The third-order valence-corrected chi connectivity index (χ3v) is 13.3. The lowest BCUT2D eigenvalue weighted by molar-refractivity contribution is -0.457. The molecule has 3 nitrogen and oxygen atoms in total. The molecule has 1 aromatic carbocycles. The monoisotopic (exact) mass is 708 g/mol. The molecule has 0 N–H and O–H groups in total. The van der Waals surface area contributed by atoms with Gasteiger partial charge in [-0.3, -0.25) is 0 Å². The van der Waals surface area contributed by atoms with Gasteiger partial charge in [-0.05, 0) is 117 Å². The van der Waals surface area contributed by atoms with Crippen LogP contribution in [0, 0.1) is 23.2 Å². The van der Waals surface area contributed by atoms with Gasteiger partial charge >= 0.3 is 24.1 Å². The van der Waals surface area contributed by atoms with Gasteiger partial charge in [0.05, 0.1) is 19.3 Å². The molecule has 6 atom stereocenters. The van der Waals surface area contributed by atoms with Crippen molar-refractivity contribution in [3.8, 4) is 5.75 Å². The van der Waals surface area contributed by atoms with Crippen molar-refractivity contribution in [2.45, 2.75) is 107 Å². The zero-order valence-corrected chi connectivity index (χ0v) is 27.3. The van der Waals surface area contributed by atoms with E-state index in [4.69, 9.17) is 9.47 Å². The van der Waals surface area contributed by atoms with Crippen LogP contribution in [0.15, 0.2) is 18.2 Å². The van der Waals surface area contributed by atoms with Gasteiger partial charge in [-0.15, -0.1) is 0 Å². The van der Waals surface area contributed by atoms with Crippen molar-refractivity contribution in [3.63, 3.8) is 0 Å². The lowest BCUT2D eigenvalue weighted by Gasteiger charge is -2.50. The van der Waals surface area contributed by atoms with Gasteiger partial charge < -0.3 is 14.2 Å². The Morgan fingerprint density at radius 3 is 2.24 bits per heavy atom. The van der Waals surface area contributed by atoms with Crippen LogP contribution in [0.5, 0.6) is 5.75 Å². The maximum Gasteiger partial charge on any atom is 0.435 e. The van der Waals surface area contributed by atoms with Crippen molar-refractivity contribution in [1.82, 2.24) is 0 Å². The van der Waals surface area contributed by atoms with Gasteiger partial charge in [0, 0.05) is 18.1 Å². The summed E-state index contributed by atoms with van der Waals surface area (Å²) < 4.78 is 134. The minimum absolute atomic E-state index is 0.230. The van der Waals surface area contributed by atoms with Gasteiger partial charge in [-0.2, -0.15) is 39.5 Å². The second-order valence-corrected chi connectivity index (χ2v) is 16.0. The fraction of sp³-hybridized carbons (Fsp3) is 0.812. The molecule has 0 aromatic heterocycles. The van der Waals surface area contributed by atoms with E-state index in [9.17, 15) is 39.5 Å². The van der Waals surface area contributed by atoms with Crippen molar-refractivity contribution in [2.24, 2.45) is 23.2 Å². The summed E-state index contributed by atoms with van der Waals surface area (Å²) in [6.45, 7) is 1.13. The van der Waals surface area contributed by atoms with Crippen molar-refractivity contribution < 1.29 is 53.7 Å². The highest BCUT2D eigenvalue weighted by Gasteiger charge is 2.85. The highest BCUT2D eigenvalue weighted by Crippen LogP contribution is 2.62. The predicted octanol–water partition coefficient (Wildman–Crippen LogP) is 10.3. The van der Waals surface area contributed by atoms with Crippen LogP contribution in [0.4, 0.5) is 39.5 Å². The van der Waals surface area contributed by atoms with E-state index in [0.717, 1.165) is 50.2 Å². The van der Waals surface area contributed by atoms with E-state index in [-0.39, 0.29) is 18.1 Å². The van der Waals surface area contributed by atoms with E-state index in [2.05, 4.69) is 29.9 Å². The molecule has 1 aliphatic heterocycles. The molecule has 14 heteroatoms. The second kappa shape index (κ2) is 14.1. The van der Waals surface area contributed by atoms with Crippen molar-refractivity contribution in [3.05, 3.63) is 29.3 Å². The number of fused-ring (bicyclic) bond motifs is 5. The van der Waals surface area contributed by atoms with E-state index in [1.165, 1.54) is 35.5 Å². The maximum absolute atomic E-state index is 13.1. The minimum Gasteiger partial charge on any atom is -0.494 e. The summed E-state index contributed by atoms with van der Waals surface area (Å²) in [6, 6.07) is 6.45. The van der Waals surface area contributed by atoms with Crippen LogP contribution < -0.4 is 4.74 Å². The Kier molecular flexibility index (Phi) is 11.1. The molecule has 1 heterocycles. The van der Waals surface area contributed by atoms with Crippen LogP contribution >= 0.6 is 21.6 Å². The van der Waals surface area contributed by atoms with Crippen LogP contribution in [0.2, 0.25) is 0 Å². The standard InChI is InChI=1S/C32H41F9O3S2/c1-28-13-11-24-23-8-6-22(42-14-2-4-20-12-17-45-46-19-20)18-21(23)5-7-25(24)26(28)9-10-27(28)43-15-3-16-44-29(30(33,34)35,31(36,37)38)32(39,40)41/h6,8,18,20,24-27H,2-5,7,9-17,19H2,1H3. The molecular formula is C32H41F9O3S2. The van der Waals surface area contributed by atoms with Crippen molar-refractivity contribution in [2.75, 3.05) is 31.3 Å². The molecule has 5 rings (SSSR count). The van der Waals surface area contributed by atoms with Gasteiger partial charge in [0.15, 0.2) is 0 Å². The van der Waals surface area contributed by atoms with Gasteiger partial charge in [0.1, 0.15) is 5.75 Å². The largest absolute Gasteiger partial charge is 0.494 e. The fourth-order valence-corrected chi connectivity index (χ4v) is 11.1. The van der Waals surface area contributed by atoms with Gasteiger partial charge in [0.2, 0.25) is 0 Å². The third kappa shape index (κ3) is 7.15. The Morgan fingerprint density at radius 1 is 0.826 bits per heavy atom. The summed E-state index contributed by atoms with van der Waals surface area (Å²) in [5.74, 6) is 5.28. The second-order valence-electron chi connectivity index (χ2n) is 13.4. The molecule has 0 amide bonds. The Hall–Kier alpha value is -0.990. The summed E-state index contributed by atoms with van der Waals surface area (Å²) in [4.78, 5) is 0. The van der Waals surface area contributed by atoms with E-state index < -0.39 is 37.2 Å². The van der Waals surface area contributed by atoms with E-state index >= 15 is 0 Å². The van der Waals surface area contributed by atoms with Crippen LogP contribution in [0.3, 0.4) is 0 Å². The summed E-state index contributed by atoms with van der Waals surface area (Å²) in [5.41, 5.74) is -3.80. The summed E-state index contributed by atoms with van der Waals surface area (Å²) >= 11 is 0. The number of alkyl halides is 9. The Labute approximate surface area is 271 Å². The summed E-state index contributed by atoms with van der Waals surface area (Å²) in [6.07, 6.45) is -12.2. The topological polar surface area (TPSA) is 27.7 Å². The van der Waals surface area contributed by atoms with Crippen LogP contribution in [-0.2, 0) is 15.9 Å². The van der Waals surface area contributed by atoms with E-state index in [0.29, 0.717) is 30.8 Å². The van der Waals surface area contributed by atoms with Crippen LogP contribution in [0.25, 0.3) is 0 Å². The van der Waals surface area contributed by atoms with Gasteiger partial charge in [0.25, 0.3) is 0 Å². The van der Waals surface area contributed by atoms with Crippen LogP contribution in [0.1, 0.15) is 81.8 Å². The Bertz CT molecular complexity index is 1130. The highest BCUT2D eigenvalue weighted by molar-refractivity contribution is 8.76. The Morgan fingerprint density at radius 2 is 1.57 bits per heavy atom. The number of halogens is 9. The average Bonchev–Trinajstić information content (AvgIpc) is 3.31. The highest BCUT2D eigenvalue weighted by atomic mass is 33.1. The molecule has 0 bridgehead atoms.